The third-order valence-corrected chi connectivity index (χ3v) is 4.60. The van der Waals surface area contributed by atoms with Crippen LogP contribution in [0.4, 0.5) is 4.79 Å². The molecule has 1 amide bonds. The normalized spacial score (nSPS) is 15.5. The molecule has 0 aromatic heterocycles. The van der Waals surface area contributed by atoms with Crippen molar-refractivity contribution >= 4 is 15.9 Å². The van der Waals surface area contributed by atoms with Gasteiger partial charge >= 0.3 is 6.09 Å². The number of hydrogen-bond acceptors (Lipinski definition) is 5. The molecule has 0 rings (SSSR count). The molecule has 1 unspecified atom stereocenters. The molecule has 0 saturated heterocycles. The highest BCUT2D eigenvalue weighted by Gasteiger charge is 2.27. The third kappa shape index (κ3) is 8.37. The van der Waals surface area contributed by atoms with Crippen molar-refractivity contribution in [1.29, 1.82) is 0 Å². The molecular weight excluding hydrogens is 282 g/mol. The highest BCUT2D eigenvalue weighted by atomic mass is 32.2. The molecule has 2 N–H and O–H groups in total. The van der Waals surface area contributed by atoms with Crippen molar-refractivity contribution in [3.05, 3.63) is 0 Å². The Kier molecular flexibility index (Phi) is 6.97. The number of hydrogen-bond donors (Lipinski definition) is 2. The summed E-state index contributed by atoms with van der Waals surface area (Å²) >= 11 is 0. The Bertz CT molecular complexity index is 413. The molecule has 0 aliphatic rings. The molecular formula is C13H27NO5S. The van der Waals surface area contributed by atoms with Gasteiger partial charge in [0.2, 0.25) is 0 Å². The molecule has 0 heterocycles. The van der Waals surface area contributed by atoms with Gasteiger partial charge in [-0.1, -0.05) is 13.8 Å². The molecule has 0 fully saturated rings. The molecule has 0 aliphatic carbocycles. The lowest BCUT2D eigenvalue weighted by molar-refractivity contribution is 0.0476. The number of amides is 1. The first-order valence-electron chi connectivity index (χ1n) is 6.71. The topological polar surface area (TPSA) is 92.7 Å². The number of rotatable bonds is 7. The van der Waals surface area contributed by atoms with Crippen LogP contribution in [-0.4, -0.2) is 49.9 Å². The summed E-state index contributed by atoms with van der Waals surface area (Å²) in [5.41, 5.74) is -1.27. The van der Waals surface area contributed by atoms with E-state index in [2.05, 4.69) is 5.32 Å². The first-order chi connectivity index (χ1) is 8.93. The van der Waals surface area contributed by atoms with Crippen molar-refractivity contribution in [3.8, 4) is 0 Å². The number of ether oxygens (including phenoxy) is 1. The van der Waals surface area contributed by atoms with Crippen LogP contribution in [0.25, 0.3) is 0 Å². The highest BCUT2D eigenvalue weighted by molar-refractivity contribution is 7.91. The fourth-order valence-corrected chi connectivity index (χ4v) is 2.46. The quantitative estimate of drug-likeness (QED) is 0.740. The van der Waals surface area contributed by atoms with E-state index in [1.165, 1.54) is 0 Å². The van der Waals surface area contributed by atoms with E-state index in [9.17, 15) is 18.3 Å². The Labute approximate surface area is 121 Å². The lowest BCUT2D eigenvalue weighted by Gasteiger charge is -2.28. The first-order valence-corrected chi connectivity index (χ1v) is 8.53. The van der Waals surface area contributed by atoms with Crippen LogP contribution in [0.5, 0.6) is 0 Å². The number of aliphatic hydroxyl groups excluding tert-OH is 1. The minimum Gasteiger partial charge on any atom is -0.444 e. The number of carbonyl (C=O) groups excluding carboxylic acids is 1. The Hall–Kier alpha value is -0.820. The monoisotopic (exact) mass is 309 g/mol. The van der Waals surface area contributed by atoms with Crippen LogP contribution in [0.2, 0.25) is 0 Å². The van der Waals surface area contributed by atoms with Crippen LogP contribution >= 0.6 is 0 Å². The average Bonchev–Trinajstić information content (AvgIpc) is 2.32. The summed E-state index contributed by atoms with van der Waals surface area (Å²) in [6.07, 6.45) is -0.286. The maximum atomic E-state index is 11.5. The van der Waals surface area contributed by atoms with Gasteiger partial charge in [-0.05, 0) is 27.2 Å². The van der Waals surface area contributed by atoms with Crippen LogP contribution in [-0.2, 0) is 14.6 Å². The van der Waals surface area contributed by atoms with Gasteiger partial charge in [0.1, 0.15) is 15.4 Å². The summed E-state index contributed by atoms with van der Waals surface area (Å²) in [6, 6.07) is 0. The molecule has 6 nitrogen and oxygen atoms in total. The third-order valence-electron chi connectivity index (χ3n) is 2.90. The first kappa shape index (κ1) is 19.2. The van der Waals surface area contributed by atoms with E-state index in [1.54, 1.807) is 34.6 Å². The van der Waals surface area contributed by atoms with Crippen molar-refractivity contribution in [2.75, 3.05) is 24.7 Å². The molecule has 0 spiro atoms. The van der Waals surface area contributed by atoms with E-state index in [0.717, 1.165) is 0 Å². The molecule has 7 heteroatoms. The van der Waals surface area contributed by atoms with Gasteiger partial charge in [-0.15, -0.1) is 0 Å². The Morgan fingerprint density at radius 1 is 1.25 bits per heavy atom. The Morgan fingerprint density at radius 3 is 2.20 bits per heavy atom. The van der Waals surface area contributed by atoms with Crippen molar-refractivity contribution < 1.29 is 23.1 Å². The Balaban J connectivity index is 4.42. The fraction of sp³-hybridized carbons (Fsp3) is 0.923. The number of aliphatic hydroxyl groups is 1. The van der Waals surface area contributed by atoms with E-state index in [-0.39, 0.29) is 31.1 Å². The number of alkyl carbamates (subject to hydrolysis) is 1. The van der Waals surface area contributed by atoms with Gasteiger partial charge in [-0.25, -0.2) is 13.2 Å². The summed E-state index contributed by atoms with van der Waals surface area (Å²) in [6.45, 7) is 8.54. The summed E-state index contributed by atoms with van der Waals surface area (Å²) in [4.78, 5) is 11.5. The van der Waals surface area contributed by atoms with Crippen molar-refractivity contribution in [2.45, 2.75) is 46.6 Å². The van der Waals surface area contributed by atoms with Gasteiger partial charge in [0.05, 0.1) is 12.4 Å². The van der Waals surface area contributed by atoms with E-state index >= 15 is 0 Å². The number of sulfone groups is 1. The van der Waals surface area contributed by atoms with Crippen molar-refractivity contribution in [2.24, 2.45) is 5.41 Å². The lowest BCUT2D eigenvalue weighted by Crippen LogP contribution is -2.41. The zero-order valence-corrected chi connectivity index (χ0v) is 13.8. The minimum absolute atomic E-state index is 0.00341. The Morgan fingerprint density at radius 2 is 1.80 bits per heavy atom. The van der Waals surface area contributed by atoms with Crippen LogP contribution in [0, 0.1) is 5.41 Å². The maximum Gasteiger partial charge on any atom is 0.407 e. The maximum absolute atomic E-state index is 11.5. The molecule has 0 aromatic carbocycles. The molecule has 20 heavy (non-hydrogen) atoms. The summed E-state index contributed by atoms with van der Waals surface area (Å²) in [5, 5.41) is 12.0. The van der Waals surface area contributed by atoms with Gasteiger partial charge in [0.15, 0.2) is 0 Å². The molecule has 0 radical (unpaired) electrons. The predicted molar refractivity (Wildman–Crippen MR) is 78.4 cm³/mol. The second-order valence-electron chi connectivity index (χ2n) is 6.31. The molecule has 0 aromatic rings. The van der Waals surface area contributed by atoms with Gasteiger partial charge in [0.25, 0.3) is 0 Å². The van der Waals surface area contributed by atoms with E-state index in [4.69, 9.17) is 4.74 Å². The largest absolute Gasteiger partial charge is 0.444 e. The predicted octanol–water partition coefficient (Wildman–Crippen LogP) is 1.33. The standard InChI is InChI=1S/C13H27NO5S/c1-6-20(17,18)8-7-13(5,10-15)9-14-11(16)19-12(2,3)4/h15H,6-10H2,1-5H3,(H,14,16). The van der Waals surface area contributed by atoms with Crippen LogP contribution in [0.15, 0.2) is 0 Å². The fourth-order valence-electron chi connectivity index (χ4n) is 1.37. The molecule has 1 atom stereocenters. The van der Waals surface area contributed by atoms with Crippen LogP contribution in [0.1, 0.15) is 41.0 Å². The number of carbonyl (C=O) groups is 1. The zero-order chi connectivity index (χ0) is 16.0. The van der Waals surface area contributed by atoms with Gasteiger partial charge in [-0.3, -0.25) is 0 Å². The minimum atomic E-state index is -3.09. The summed E-state index contributed by atoms with van der Waals surface area (Å²) in [7, 11) is -3.09. The second-order valence-corrected chi connectivity index (χ2v) is 8.78. The lowest BCUT2D eigenvalue weighted by atomic mass is 9.88. The van der Waals surface area contributed by atoms with Crippen molar-refractivity contribution in [1.82, 2.24) is 5.32 Å². The molecule has 120 valence electrons. The van der Waals surface area contributed by atoms with Gasteiger partial charge < -0.3 is 15.2 Å². The highest BCUT2D eigenvalue weighted by Crippen LogP contribution is 2.21. The van der Waals surface area contributed by atoms with Gasteiger partial charge in [-0.2, -0.15) is 0 Å². The van der Waals surface area contributed by atoms with E-state index in [0.29, 0.717) is 0 Å². The zero-order valence-electron chi connectivity index (χ0n) is 13.0. The van der Waals surface area contributed by atoms with Crippen molar-refractivity contribution in [3.63, 3.8) is 0 Å². The molecule has 0 saturated carbocycles. The average molecular weight is 309 g/mol. The van der Waals surface area contributed by atoms with E-state index in [1.807, 2.05) is 0 Å². The smallest absolute Gasteiger partial charge is 0.407 e. The molecule has 0 bridgehead atoms. The van der Waals surface area contributed by atoms with Crippen LogP contribution in [0.3, 0.4) is 0 Å². The summed E-state index contributed by atoms with van der Waals surface area (Å²) < 4.78 is 28.1. The number of nitrogens with one attached hydrogen (secondary N) is 1. The van der Waals surface area contributed by atoms with E-state index < -0.39 is 26.9 Å². The second kappa shape index (κ2) is 7.26. The molecule has 0 aliphatic heterocycles. The van der Waals surface area contributed by atoms with Gasteiger partial charge in [0, 0.05) is 17.7 Å². The van der Waals surface area contributed by atoms with Crippen LogP contribution < -0.4 is 5.32 Å². The SMILES string of the molecule is CCS(=O)(=O)CCC(C)(CO)CNC(=O)OC(C)(C)C. The summed E-state index contributed by atoms with van der Waals surface area (Å²) in [5.74, 6) is 0.0740.